The van der Waals surface area contributed by atoms with E-state index in [1.165, 1.54) is 21.6 Å². The van der Waals surface area contributed by atoms with Gasteiger partial charge in [-0.2, -0.15) is 0 Å². The Bertz CT molecular complexity index is 1300. The Labute approximate surface area is 220 Å². The summed E-state index contributed by atoms with van der Waals surface area (Å²) in [7, 11) is -3.57. The summed E-state index contributed by atoms with van der Waals surface area (Å²) < 4.78 is 28.9. The van der Waals surface area contributed by atoms with Crippen molar-refractivity contribution in [3.05, 3.63) is 138 Å². The quantitative estimate of drug-likeness (QED) is 0.322. The Morgan fingerprint density at radius 1 is 0.568 bits per heavy atom. The summed E-state index contributed by atoms with van der Waals surface area (Å²) in [6, 6.07) is 40.8. The van der Waals surface area contributed by atoms with Gasteiger partial charge < -0.3 is 9.80 Å². The van der Waals surface area contributed by atoms with Crippen LogP contribution in [0.1, 0.15) is 28.8 Å². The Morgan fingerprint density at radius 2 is 0.973 bits per heavy atom. The van der Waals surface area contributed by atoms with Crippen LogP contribution in [-0.2, 0) is 10.0 Å². The Kier molecular flexibility index (Phi) is 8.12. The highest BCUT2D eigenvalue weighted by atomic mass is 32.2. The van der Waals surface area contributed by atoms with Crippen molar-refractivity contribution in [2.24, 2.45) is 0 Å². The lowest BCUT2D eigenvalue weighted by atomic mass is 9.96. The van der Waals surface area contributed by atoms with Crippen LogP contribution in [0.5, 0.6) is 0 Å². The molecule has 3 N–H and O–H groups in total. The van der Waals surface area contributed by atoms with Gasteiger partial charge in [0.25, 0.3) is 0 Å². The predicted octanol–water partition coefficient (Wildman–Crippen LogP) is 2.28. The van der Waals surface area contributed by atoms with E-state index in [4.69, 9.17) is 0 Å². The topological polar surface area (TPSA) is 55.0 Å². The first kappa shape index (κ1) is 25.4. The average Bonchev–Trinajstić information content (AvgIpc) is 2.96. The van der Waals surface area contributed by atoms with Crippen molar-refractivity contribution in [2.45, 2.75) is 17.0 Å². The maximum atomic E-state index is 13.0. The molecule has 0 saturated carbocycles. The second kappa shape index (κ2) is 11.8. The van der Waals surface area contributed by atoms with Gasteiger partial charge in [-0.3, -0.25) is 0 Å². The zero-order valence-electron chi connectivity index (χ0n) is 21.0. The largest absolute Gasteiger partial charge is 0.318 e. The van der Waals surface area contributed by atoms with Gasteiger partial charge >= 0.3 is 0 Å². The van der Waals surface area contributed by atoms with E-state index in [-0.39, 0.29) is 12.1 Å². The highest BCUT2D eigenvalue weighted by molar-refractivity contribution is 7.89. The zero-order valence-corrected chi connectivity index (χ0v) is 21.8. The van der Waals surface area contributed by atoms with Gasteiger partial charge in [-0.05, 0) is 12.1 Å². The molecule has 0 radical (unpaired) electrons. The molecule has 5 nitrogen and oxygen atoms in total. The molecular formula is C31H35N3O2S+2. The maximum absolute atomic E-state index is 13.0. The van der Waals surface area contributed by atoms with Gasteiger partial charge in [0.05, 0.1) is 11.4 Å². The first-order valence-electron chi connectivity index (χ1n) is 13.0. The SMILES string of the molecule is O=S(=O)(NC[C@@H](c1ccccc1)[NH+]1CC[NH+](C(c2ccccc2)c2ccccc2)CC1)c1ccccc1. The van der Waals surface area contributed by atoms with Crippen LogP contribution in [0.4, 0.5) is 0 Å². The molecule has 1 fully saturated rings. The molecule has 1 heterocycles. The maximum Gasteiger partial charge on any atom is 0.240 e. The molecule has 5 rings (SSSR count). The molecule has 37 heavy (non-hydrogen) atoms. The summed E-state index contributed by atoms with van der Waals surface area (Å²) in [5, 5.41) is 0. The third-order valence-electron chi connectivity index (χ3n) is 7.43. The lowest BCUT2D eigenvalue weighted by Gasteiger charge is -2.38. The van der Waals surface area contributed by atoms with Crippen molar-refractivity contribution in [3.63, 3.8) is 0 Å². The van der Waals surface area contributed by atoms with Crippen LogP contribution >= 0.6 is 0 Å². The van der Waals surface area contributed by atoms with Crippen molar-refractivity contribution >= 4 is 10.0 Å². The van der Waals surface area contributed by atoms with Crippen molar-refractivity contribution < 1.29 is 18.2 Å². The van der Waals surface area contributed by atoms with Crippen LogP contribution in [0, 0.1) is 0 Å². The fraction of sp³-hybridized carbons (Fsp3) is 0.226. The third kappa shape index (κ3) is 6.17. The van der Waals surface area contributed by atoms with E-state index in [1.807, 2.05) is 24.3 Å². The predicted molar refractivity (Wildman–Crippen MR) is 147 cm³/mol. The van der Waals surface area contributed by atoms with E-state index in [0.717, 1.165) is 26.2 Å². The van der Waals surface area contributed by atoms with E-state index >= 15 is 0 Å². The number of hydrogen-bond acceptors (Lipinski definition) is 2. The van der Waals surface area contributed by atoms with Crippen LogP contribution in [0.2, 0.25) is 0 Å². The normalized spacial score (nSPS) is 18.9. The van der Waals surface area contributed by atoms with Gasteiger partial charge in [-0.25, -0.2) is 13.1 Å². The molecule has 1 aliphatic heterocycles. The van der Waals surface area contributed by atoms with Crippen LogP contribution in [0.15, 0.2) is 126 Å². The van der Waals surface area contributed by atoms with Gasteiger partial charge in [-0.1, -0.05) is 109 Å². The summed E-state index contributed by atoms with van der Waals surface area (Å²) in [6.07, 6.45) is 0. The van der Waals surface area contributed by atoms with E-state index in [2.05, 4.69) is 77.5 Å². The minimum Gasteiger partial charge on any atom is -0.318 e. The summed E-state index contributed by atoms with van der Waals surface area (Å²) in [4.78, 5) is 3.28. The molecular weight excluding hydrogens is 478 g/mol. The average molecular weight is 514 g/mol. The van der Waals surface area contributed by atoms with Crippen molar-refractivity contribution in [1.82, 2.24) is 4.72 Å². The number of rotatable bonds is 9. The minimum absolute atomic E-state index is 0.0492. The number of sulfonamides is 1. The molecule has 1 aliphatic rings. The lowest BCUT2D eigenvalue weighted by Crippen LogP contribution is -3.28. The van der Waals surface area contributed by atoms with Crippen LogP contribution < -0.4 is 14.5 Å². The van der Waals surface area contributed by atoms with Gasteiger partial charge in [0, 0.05) is 16.7 Å². The zero-order chi connectivity index (χ0) is 25.5. The van der Waals surface area contributed by atoms with Gasteiger partial charge in [0.15, 0.2) is 0 Å². The van der Waals surface area contributed by atoms with Crippen molar-refractivity contribution in [3.8, 4) is 0 Å². The second-order valence-electron chi connectivity index (χ2n) is 9.70. The van der Waals surface area contributed by atoms with Gasteiger partial charge in [0.1, 0.15) is 38.3 Å². The standard InChI is InChI=1S/C31H33N3O2S/c35-37(36,29-19-11-4-12-20-29)32-25-30(26-13-5-1-6-14-26)33-21-23-34(24-22-33)31(27-15-7-2-8-16-27)28-17-9-3-10-18-28/h1-20,30-32H,21-25H2/p+2/t30-/m0/s1. The number of benzene rings is 4. The van der Waals surface area contributed by atoms with E-state index < -0.39 is 10.0 Å². The molecule has 0 unspecified atom stereocenters. The molecule has 190 valence electrons. The lowest BCUT2D eigenvalue weighted by molar-refractivity contribution is -1.04. The first-order valence-corrected chi connectivity index (χ1v) is 14.5. The van der Waals surface area contributed by atoms with Gasteiger partial charge in [0.2, 0.25) is 10.0 Å². The van der Waals surface area contributed by atoms with Crippen LogP contribution in [0.25, 0.3) is 0 Å². The molecule has 1 atom stereocenters. The molecule has 6 heteroatoms. The van der Waals surface area contributed by atoms with Crippen LogP contribution in [-0.4, -0.2) is 41.1 Å². The monoisotopic (exact) mass is 513 g/mol. The highest BCUT2D eigenvalue weighted by Crippen LogP contribution is 2.19. The molecule has 0 amide bonds. The van der Waals surface area contributed by atoms with E-state index in [0.29, 0.717) is 11.4 Å². The third-order valence-corrected chi connectivity index (χ3v) is 8.87. The van der Waals surface area contributed by atoms with Gasteiger partial charge in [-0.15, -0.1) is 0 Å². The number of piperazine rings is 1. The smallest absolute Gasteiger partial charge is 0.240 e. The number of hydrogen-bond donors (Lipinski definition) is 3. The fourth-order valence-corrected chi connectivity index (χ4v) is 6.61. The molecule has 1 saturated heterocycles. The fourth-order valence-electron chi connectivity index (χ4n) is 5.54. The molecule has 0 spiro atoms. The summed E-state index contributed by atoms with van der Waals surface area (Å²) in [5.74, 6) is 0. The summed E-state index contributed by atoms with van der Waals surface area (Å²) in [6.45, 7) is 4.33. The van der Waals surface area contributed by atoms with Crippen LogP contribution in [0.3, 0.4) is 0 Å². The Hall–Kier alpha value is -3.29. The Morgan fingerprint density at radius 3 is 1.46 bits per heavy atom. The molecule has 4 aromatic rings. The van der Waals surface area contributed by atoms with Crippen molar-refractivity contribution in [2.75, 3.05) is 32.7 Å². The first-order chi connectivity index (χ1) is 18.1. The second-order valence-corrected chi connectivity index (χ2v) is 11.5. The minimum atomic E-state index is -3.57. The Balaban J connectivity index is 1.34. The molecule has 0 bridgehead atoms. The van der Waals surface area contributed by atoms with E-state index in [1.54, 1.807) is 29.2 Å². The molecule has 0 aromatic heterocycles. The van der Waals surface area contributed by atoms with E-state index in [9.17, 15) is 8.42 Å². The van der Waals surface area contributed by atoms with Crippen molar-refractivity contribution in [1.29, 1.82) is 0 Å². The summed E-state index contributed by atoms with van der Waals surface area (Å²) >= 11 is 0. The molecule has 0 aliphatic carbocycles. The number of quaternary nitrogens is 2. The molecule has 4 aromatic carbocycles. The number of nitrogens with one attached hydrogen (secondary N) is 3. The highest BCUT2D eigenvalue weighted by Gasteiger charge is 2.35. The summed E-state index contributed by atoms with van der Waals surface area (Å²) in [5.41, 5.74) is 3.84.